The van der Waals surface area contributed by atoms with Crippen molar-refractivity contribution in [2.75, 3.05) is 16.8 Å². The molecule has 1 aliphatic rings. The SMILES string of the molecule is O=C(Cc1csc(N2CCCC2=O)n1)Nc1ccccc1-c1ccccc1. The van der Waals surface area contributed by atoms with Gasteiger partial charge in [-0.1, -0.05) is 48.5 Å². The number of thiazole rings is 1. The number of nitrogens with one attached hydrogen (secondary N) is 1. The number of rotatable bonds is 5. The third kappa shape index (κ3) is 3.90. The predicted octanol–water partition coefficient (Wildman–Crippen LogP) is 4.12. The number of anilines is 2. The summed E-state index contributed by atoms with van der Waals surface area (Å²) in [5, 5.41) is 5.53. The average Bonchev–Trinajstić information content (AvgIpc) is 3.31. The molecule has 27 heavy (non-hydrogen) atoms. The number of nitrogens with zero attached hydrogens (tertiary/aromatic N) is 2. The Hall–Kier alpha value is -2.99. The first-order valence-electron chi connectivity index (χ1n) is 8.90. The molecule has 0 spiro atoms. The van der Waals surface area contributed by atoms with Gasteiger partial charge in [-0.05, 0) is 18.1 Å². The van der Waals surface area contributed by atoms with E-state index in [1.807, 2.05) is 60.0 Å². The highest BCUT2D eigenvalue weighted by atomic mass is 32.1. The van der Waals surface area contributed by atoms with Crippen molar-refractivity contribution in [2.45, 2.75) is 19.3 Å². The maximum Gasteiger partial charge on any atom is 0.230 e. The van der Waals surface area contributed by atoms with E-state index in [0.717, 1.165) is 23.2 Å². The average molecular weight is 377 g/mol. The van der Waals surface area contributed by atoms with Crippen molar-refractivity contribution in [1.29, 1.82) is 0 Å². The fraction of sp³-hybridized carbons (Fsp3) is 0.190. The van der Waals surface area contributed by atoms with Gasteiger partial charge in [0.1, 0.15) is 0 Å². The van der Waals surface area contributed by atoms with Crippen LogP contribution in [0.4, 0.5) is 10.8 Å². The molecule has 5 nitrogen and oxygen atoms in total. The zero-order valence-electron chi connectivity index (χ0n) is 14.7. The molecule has 0 unspecified atom stereocenters. The lowest BCUT2D eigenvalue weighted by molar-refractivity contribution is -0.117. The molecule has 0 saturated carbocycles. The molecular weight excluding hydrogens is 358 g/mol. The smallest absolute Gasteiger partial charge is 0.230 e. The molecule has 136 valence electrons. The molecule has 1 saturated heterocycles. The van der Waals surface area contributed by atoms with Crippen LogP contribution in [0.5, 0.6) is 0 Å². The van der Waals surface area contributed by atoms with Crippen LogP contribution in [-0.4, -0.2) is 23.3 Å². The van der Waals surface area contributed by atoms with Gasteiger partial charge in [-0.25, -0.2) is 4.98 Å². The van der Waals surface area contributed by atoms with Gasteiger partial charge in [0.05, 0.1) is 12.1 Å². The van der Waals surface area contributed by atoms with Crippen molar-refractivity contribution in [3.63, 3.8) is 0 Å². The third-order valence-electron chi connectivity index (χ3n) is 4.47. The van der Waals surface area contributed by atoms with Crippen LogP contribution in [-0.2, 0) is 16.0 Å². The van der Waals surface area contributed by atoms with E-state index in [1.165, 1.54) is 11.3 Å². The van der Waals surface area contributed by atoms with E-state index in [9.17, 15) is 9.59 Å². The van der Waals surface area contributed by atoms with E-state index < -0.39 is 0 Å². The maximum absolute atomic E-state index is 12.5. The molecule has 0 aliphatic carbocycles. The van der Waals surface area contributed by atoms with Crippen LogP contribution in [0.15, 0.2) is 60.0 Å². The van der Waals surface area contributed by atoms with E-state index in [1.54, 1.807) is 4.90 Å². The molecule has 2 heterocycles. The standard InChI is InChI=1S/C21H19N3O2S/c25-19(13-16-14-27-21(22-16)24-12-6-11-20(24)26)23-18-10-5-4-9-17(18)15-7-2-1-3-8-15/h1-5,7-10,14H,6,11-13H2,(H,23,25). The first-order chi connectivity index (χ1) is 13.2. The summed E-state index contributed by atoms with van der Waals surface area (Å²) in [4.78, 5) is 30.5. The van der Waals surface area contributed by atoms with Crippen molar-refractivity contribution >= 4 is 34.0 Å². The summed E-state index contributed by atoms with van der Waals surface area (Å²) >= 11 is 1.41. The third-order valence-corrected chi connectivity index (χ3v) is 5.38. The van der Waals surface area contributed by atoms with Crippen LogP contribution in [0.3, 0.4) is 0 Å². The van der Waals surface area contributed by atoms with E-state index >= 15 is 0 Å². The van der Waals surface area contributed by atoms with Gasteiger partial charge in [0.15, 0.2) is 5.13 Å². The van der Waals surface area contributed by atoms with Crippen LogP contribution in [0, 0.1) is 0 Å². The van der Waals surface area contributed by atoms with Crippen LogP contribution in [0.2, 0.25) is 0 Å². The molecule has 1 aliphatic heterocycles. The summed E-state index contributed by atoms with van der Waals surface area (Å²) in [6.07, 6.45) is 1.62. The van der Waals surface area contributed by atoms with Crippen LogP contribution in [0.25, 0.3) is 11.1 Å². The Morgan fingerprint density at radius 3 is 2.67 bits per heavy atom. The number of carbonyl (C=O) groups excluding carboxylic acids is 2. The topological polar surface area (TPSA) is 62.3 Å². The quantitative estimate of drug-likeness (QED) is 0.728. The first kappa shape index (κ1) is 17.4. The number of amides is 2. The van der Waals surface area contributed by atoms with Crippen molar-refractivity contribution in [2.24, 2.45) is 0 Å². The highest BCUT2D eigenvalue weighted by Gasteiger charge is 2.24. The summed E-state index contributed by atoms with van der Waals surface area (Å²) in [6, 6.07) is 17.7. The summed E-state index contributed by atoms with van der Waals surface area (Å²) < 4.78 is 0. The zero-order chi connectivity index (χ0) is 18.6. The molecule has 0 radical (unpaired) electrons. The minimum Gasteiger partial charge on any atom is -0.325 e. The van der Waals surface area contributed by atoms with Crippen LogP contribution < -0.4 is 10.2 Å². The zero-order valence-corrected chi connectivity index (χ0v) is 15.5. The molecular formula is C21H19N3O2S. The number of hydrogen-bond donors (Lipinski definition) is 1. The van der Waals surface area contributed by atoms with E-state index in [0.29, 0.717) is 23.8 Å². The normalized spacial score (nSPS) is 13.8. The molecule has 0 bridgehead atoms. The first-order valence-corrected chi connectivity index (χ1v) is 9.78. The van der Waals surface area contributed by atoms with Crippen molar-refractivity contribution < 1.29 is 9.59 Å². The maximum atomic E-state index is 12.5. The Labute approximate surface area is 161 Å². The van der Waals surface area contributed by atoms with Crippen LogP contribution in [0.1, 0.15) is 18.5 Å². The number of hydrogen-bond acceptors (Lipinski definition) is 4. The Balaban J connectivity index is 1.46. The lowest BCUT2D eigenvalue weighted by Gasteiger charge is -2.11. The van der Waals surface area contributed by atoms with Gasteiger partial charge in [-0.15, -0.1) is 11.3 Å². The number of para-hydroxylation sites is 1. The van der Waals surface area contributed by atoms with Gasteiger partial charge < -0.3 is 5.32 Å². The van der Waals surface area contributed by atoms with Gasteiger partial charge in [-0.2, -0.15) is 0 Å². The molecule has 6 heteroatoms. The van der Waals surface area contributed by atoms with E-state index in [-0.39, 0.29) is 18.2 Å². The van der Waals surface area contributed by atoms with Gasteiger partial charge in [0.25, 0.3) is 0 Å². The second-order valence-electron chi connectivity index (χ2n) is 6.41. The summed E-state index contributed by atoms with van der Waals surface area (Å²) in [5.41, 5.74) is 3.49. The van der Waals surface area contributed by atoms with Gasteiger partial charge in [0, 0.05) is 29.6 Å². The van der Waals surface area contributed by atoms with Crippen LogP contribution >= 0.6 is 11.3 Å². The Morgan fingerprint density at radius 2 is 1.89 bits per heavy atom. The Kier molecular flexibility index (Phi) is 4.98. The summed E-state index contributed by atoms with van der Waals surface area (Å²) in [7, 11) is 0. The molecule has 2 amide bonds. The number of aromatic nitrogens is 1. The Morgan fingerprint density at radius 1 is 1.11 bits per heavy atom. The van der Waals surface area contributed by atoms with Crippen molar-refractivity contribution in [3.05, 3.63) is 65.7 Å². The monoisotopic (exact) mass is 377 g/mol. The largest absolute Gasteiger partial charge is 0.325 e. The minimum atomic E-state index is -0.122. The van der Waals surface area contributed by atoms with E-state index in [4.69, 9.17) is 0 Å². The molecule has 0 atom stereocenters. The van der Waals surface area contributed by atoms with Crippen molar-refractivity contribution in [1.82, 2.24) is 4.98 Å². The molecule has 1 fully saturated rings. The van der Waals surface area contributed by atoms with Gasteiger partial charge in [-0.3, -0.25) is 14.5 Å². The summed E-state index contributed by atoms with van der Waals surface area (Å²) in [6.45, 7) is 0.711. The lowest BCUT2D eigenvalue weighted by Crippen LogP contribution is -2.23. The molecule has 2 aromatic carbocycles. The second kappa shape index (κ2) is 7.72. The van der Waals surface area contributed by atoms with E-state index in [2.05, 4.69) is 10.3 Å². The molecule has 3 aromatic rings. The minimum absolute atomic E-state index is 0.108. The molecule has 1 aromatic heterocycles. The highest BCUT2D eigenvalue weighted by Crippen LogP contribution is 2.28. The van der Waals surface area contributed by atoms with Gasteiger partial charge in [0.2, 0.25) is 11.8 Å². The summed E-state index contributed by atoms with van der Waals surface area (Å²) in [5.74, 6) is -0.0138. The second-order valence-corrected chi connectivity index (χ2v) is 7.24. The predicted molar refractivity (Wildman–Crippen MR) is 108 cm³/mol. The Bertz CT molecular complexity index is 968. The molecule has 4 rings (SSSR count). The lowest BCUT2D eigenvalue weighted by atomic mass is 10.0. The van der Waals surface area contributed by atoms with Gasteiger partial charge >= 0.3 is 0 Å². The fourth-order valence-electron chi connectivity index (χ4n) is 3.17. The number of carbonyl (C=O) groups is 2. The van der Waals surface area contributed by atoms with Crippen molar-refractivity contribution in [3.8, 4) is 11.1 Å². The number of benzene rings is 2. The molecule has 1 N–H and O–H groups in total. The fourth-order valence-corrected chi connectivity index (χ4v) is 4.04. The highest BCUT2D eigenvalue weighted by molar-refractivity contribution is 7.14.